The quantitative estimate of drug-likeness (QED) is 0.775. The van der Waals surface area contributed by atoms with E-state index < -0.39 is 5.97 Å². The van der Waals surface area contributed by atoms with Crippen LogP contribution in [-0.2, 0) is 4.79 Å². The number of nitrogens with two attached hydrogens (primary N) is 2. The van der Waals surface area contributed by atoms with Crippen LogP contribution >= 0.6 is 0 Å². The van der Waals surface area contributed by atoms with Crippen LogP contribution in [-0.4, -0.2) is 31.8 Å². The molecule has 2 rings (SSSR count). The fraction of sp³-hybridized carbons (Fsp3) is 0.235. The first-order valence-electron chi connectivity index (χ1n) is 6.97. The van der Waals surface area contributed by atoms with Gasteiger partial charge in [0.1, 0.15) is 11.5 Å². The number of carboxylic acids is 1. The Morgan fingerprint density at radius 1 is 0.957 bits per heavy atom. The molecule has 0 saturated carbocycles. The van der Waals surface area contributed by atoms with Gasteiger partial charge in [-0.1, -0.05) is 24.3 Å². The number of hydrogen-bond acceptors (Lipinski definition) is 5. The largest absolute Gasteiger partial charge is 0.497 e. The Balaban J connectivity index is 0.000000463. The maximum atomic E-state index is 9.24. The summed E-state index contributed by atoms with van der Waals surface area (Å²) in [6.45, 7) is -0.278. The lowest BCUT2D eigenvalue weighted by atomic mass is 9.99. The summed E-state index contributed by atoms with van der Waals surface area (Å²) < 4.78 is 10.3. The lowest BCUT2D eigenvalue weighted by molar-refractivity contribution is -0.135. The van der Waals surface area contributed by atoms with Gasteiger partial charge in [-0.25, -0.2) is 0 Å². The molecule has 5 N–H and O–H groups in total. The number of aliphatic carboxylic acids is 1. The third-order valence-electron chi connectivity index (χ3n) is 3.12. The highest BCUT2D eigenvalue weighted by Crippen LogP contribution is 2.23. The molecule has 0 amide bonds. The normalized spacial score (nSPS) is 9.78. The molecule has 23 heavy (non-hydrogen) atoms. The highest BCUT2D eigenvalue weighted by Gasteiger charge is 2.08. The average molecular weight is 318 g/mol. The predicted octanol–water partition coefficient (Wildman–Crippen LogP) is 1.78. The molecule has 0 saturated heterocycles. The first-order chi connectivity index (χ1) is 11.0. The molecule has 0 aliphatic rings. The summed E-state index contributed by atoms with van der Waals surface area (Å²) in [5, 5.41) is 7.60. The second kappa shape index (κ2) is 9.45. The molecule has 0 heterocycles. The summed E-state index contributed by atoms with van der Waals surface area (Å²) in [4.78, 5) is 9.24. The van der Waals surface area contributed by atoms with Gasteiger partial charge in [0, 0.05) is 0 Å². The Kier molecular flexibility index (Phi) is 7.59. The average Bonchev–Trinajstić information content (AvgIpc) is 2.61. The van der Waals surface area contributed by atoms with E-state index in [9.17, 15) is 4.79 Å². The van der Waals surface area contributed by atoms with Crippen molar-refractivity contribution in [1.82, 2.24) is 0 Å². The van der Waals surface area contributed by atoms with Crippen molar-refractivity contribution < 1.29 is 19.4 Å². The molecule has 6 heteroatoms. The van der Waals surface area contributed by atoms with Gasteiger partial charge in [-0.15, -0.1) is 0 Å². The van der Waals surface area contributed by atoms with E-state index in [1.807, 2.05) is 48.5 Å². The zero-order chi connectivity index (χ0) is 17.2. The lowest BCUT2D eigenvalue weighted by Crippen LogP contribution is -2.11. The second-order valence-electron chi connectivity index (χ2n) is 4.62. The molecule has 0 unspecified atom stereocenters. The maximum Gasteiger partial charge on any atom is 0.317 e. The van der Waals surface area contributed by atoms with Crippen molar-refractivity contribution in [2.24, 2.45) is 11.5 Å². The Hall–Kier alpha value is -2.57. The van der Waals surface area contributed by atoms with Crippen molar-refractivity contribution >= 4 is 5.97 Å². The number of hydrogen-bond donors (Lipinski definition) is 3. The number of carboxylic acid groups (broad SMARTS) is 1. The smallest absolute Gasteiger partial charge is 0.317 e. The second-order valence-corrected chi connectivity index (χ2v) is 4.62. The van der Waals surface area contributed by atoms with E-state index >= 15 is 0 Å². The molecule has 0 aliphatic heterocycles. The van der Waals surface area contributed by atoms with Crippen LogP contribution in [0.15, 0.2) is 48.5 Å². The Morgan fingerprint density at radius 2 is 1.26 bits per heavy atom. The molecule has 0 bridgehead atoms. The van der Waals surface area contributed by atoms with Crippen LogP contribution in [0.5, 0.6) is 11.5 Å². The van der Waals surface area contributed by atoms with Crippen molar-refractivity contribution in [1.29, 1.82) is 0 Å². The molecule has 0 aromatic heterocycles. The van der Waals surface area contributed by atoms with Crippen LogP contribution in [0.3, 0.4) is 0 Å². The predicted molar refractivity (Wildman–Crippen MR) is 88.7 cm³/mol. The number of rotatable bonds is 5. The van der Waals surface area contributed by atoms with E-state index in [0.29, 0.717) is 0 Å². The Bertz CT molecular complexity index is 549. The van der Waals surface area contributed by atoms with E-state index in [1.165, 1.54) is 0 Å². The molecule has 0 fully saturated rings. The van der Waals surface area contributed by atoms with Gasteiger partial charge in [0.15, 0.2) is 0 Å². The Labute approximate surface area is 135 Å². The maximum absolute atomic E-state index is 9.24. The van der Waals surface area contributed by atoms with Crippen LogP contribution in [0, 0.1) is 0 Å². The van der Waals surface area contributed by atoms with Crippen molar-refractivity contribution in [3.8, 4) is 11.5 Å². The number of ether oxygens (including phenoxy) is 2. The van der Waals surface area contributed by atoms with Gasteiger partial charge in [0.05, 0.1) is 26.8 Å². The van der Waals surface area contributed by atoms with Gasteiger partial charge in [-0.3, -0.25) is 4.79 Å². The highest BCUT2D eigenvalue weighted by molar-refractivity contribution is 5.68. The van der Waals surface area contributed by atoms with Crippen LogP contribution in [0.2, 0.25) is 0 Å². The van der Waals surface area contributed by atoms with Crippen LogP contribution in [0.25, 0.3) is 0 Å². The van der Waals surface area contributed by atoms with Gasteiger partial charge in [-0.2, -0.15) is 0 Å². The summed E-state index contributed by atoms with van der Waals surface area (Å²) >= 11 is 0. The summed E-state index contributed by atoms with van der Waals surface area (Å²) in [5.41, 5.74) is 12.9. The van der Waals surface area contributed by atoms with Gasteiger partial charge < -0.3 is 26.0 Å². The summed E-state index contributed by atoms with van der Waals surface area (Å²) in [5.74, 6) is 0.700. The minimum atomic E-state index is -0.968. The first-order valence-corrected chi connectivity index (χ1v) is 6.97. The van der Waals surface area contributed by atoms with E-state index in [2.05, 4.69) is 5.73 Å². The third-order valence-corrected chi connectivity index (χ3v) is 3.12. The molecule has 124 valence electrons. The van der Waals surface area contributed by atoms with Gasteiger partial charge >= 0.3 is 5.97 Å². The van der Waals surface area contributed by atoms with E-state index in [4.69, 9.17) is 20.3 Å². The summed E-state index contributed by atoms with van der Waals surface area (Å²) in [6, 6.07) is 15.4. The fourth-order valence-electron chi connectivity index (χ4n) is 1.81. The molecular weight excluding hydrogens is 296 g/mol. The van der Waals surface area contributed by atoms with E-state index in [-0.39, 0.29) is 12.6 Å². The Morgan fingerprint density at radius 3 is 1.48 bits per heavy atom. The molecule has 2 aromatic carbocycles. The number of methoxy groups -OCH3 is 2. The van der Waals surface area contributed by atoms with Gasteiger partial charge in [-0.05, 0) is 35.4 Å². The van der Waals surface area contributed by atoms with Crippen molar-refractivity contribution in [3.63, 3.8) is 0 Å². The highest BCUT2D eigenvalue weighted by atomic mass is 16.5. The zero-order valence-corrected chi connectivity index (χ0v) is 13.2. The summed E-state index contributed by atoms with van der Waals surface area (Å²) in [7, 11) is 3.30. The first kappa shape index (κ1) is 18.5. The van der Waals surface area contributed by atoms with Crippen molar-refractivity contribution in [3.05, 3.63) is 59.7 Å². The molecule has 0 radical (unpaired) electrons. The SMILES string of the molecule is COc1ccc(C(N)c2ccc(OC)cc2)cc1.NCC(=O)O. The lowest BCUT2D eigenvalue weighted by Gasteiger charge is -2.13. The molecule has 0 spiro atoms. The minimum absolute atomic E-state index is 0.137. The van der Waals surface area contributed by atoms with Gasteiger partial charge in [0.2, 0.25) is 0 Å². The number of benzene rings is 2. The van der Waals surface area contributed by atoms with Crippen LogP contribution < -0.4 is 20.9 Å². The molecule has 2 aromatic rings. The molecule has 6 nitrogen and oxygen atoms in total. The molecule has 0 aliphatic carbocycles. The minimum Gasteiger partial charge on any atom is -0.497 e. The molecule has 0 atom stereocenters. The van der Waals surface area contributed by atoms with Crippen molar-refractivity contribution in [2.75, 3.05) is 20.8 Å². The van der Waals surface area contributed by atoms with Crippen LogP contribution in [0.1, 0.15) is 17.2 Å². The zero-order valence-electron chi connectivity index (χ0n) is 13.2. The van der Waals surface area contributed by atoms with E-state index in [0.717, 1.165) is 22.6 Å². The standard InChI is InChI=1S/C15H17NO2.C2H5NO2/c1-17-13-7-3-11(4-8-13)15(16)12-5-9-14(18-2)10-6-12;3-1-2(4)5/h3-10,15H,16H2,1-2H3;1,3H2,(H,4,5). The topological polar surface area (TPSA) is 108 Å². The van der Waals surface area contributed by atoms with Gasteiger partial charge in [0.25, 0.3) is 0 Å². The summed E-state index contributed by atoms with van der Waals surface area (Å²) in [6.07, 6.45) is 0. The molecular formula is C17H22N2O4. The van der Waals surface area contributed by atoms with Crippen LogP contribution in [0.4, 0.5) is 0 Å². The fourth-order valence-corrected chi connectivity index (χ4v) is 1.81. The van der Waals surface area contributed by atoms with Crippen molar-refractivity contribution in [2.45, 2.75) is 6.04 Å². The third kappa shape index (κ3) is 5.98. The van der Waals surface area contributed by atoms with E-state index in [1.54, 1.807) is 14.2 Å². The number of carbonyl (C=O) groups is 1. The monoisotopic (exact) mass is 318 g/mol.